The Hall–Kier alpha value is -3.42. The van der Waals surface area contributed by atoms with Crippen molar-refractivity contribution < 1.29 is 18.4 Å². The third-order valence-corrected chi connectivity index (χ3v) is 5.13. The van der Waals surface area contributed by atoms with Crippen molar-refractivity contribution in [3.63, 3.8) is 0 Å². The van der Waals surface area contributed by atoms with E-state index in [1.807, 2.05) is 31.2 Å². The van der Waals surface area contributed by atoms with E-state index in [1.165, 1.54) is 6.07 Å². The lowest BCUT2D eigenvalue weighted by Crippen LogP contribution is -2.32. The Morgan fingerprint density at radius 2 is 2.07 bits per heavy atom. The van der Waals surface area contributed by atoms with Crippen LogP contribution in [0.3, 0.4) is 0 Å². The van der Waals surface area contributed by atoms with Crippen molar-refractivity contribution in [2.45, 2.75) is 32.8 Å². The van der Waals surface area contributed by atoms with Crippen molar-refractivity contribution in [1.82, 2.24) is 15.0 Å². The summed E-state index contributed by atoms with van der Waals surface area (Å²) in [4.78, 5) is 18.6. The van der Waals surface area contributed by atoms with Crippen molar-refractivity contribution in [2.24, 2.45) is 0 Å². The minimum atomic E-state index is -0.348. The number of halogens is 1. The van der Waals surface area contributed by atoms with E-state index in [-0.39, 0.29) is 24.4 Å². The molecule has 30 heavy (non-hydrogen) atoms. The number of aromatic nitrogens is 2. The molecule has 2 aromatic carbocycles. The summed E-state index contributed by atoms with van der Waals surface area (Å²) in [6, 6.07) is 12.1. The molecule has 0 bridgehead atoms. The molecule has 1 saturated heterocycles. The zero-order valence-corrected chi connectivity index (χ0v) is 16.9. The van der Waals surface area contributed by atoms with E-state index in [1.54, 1.807) is 24.0 Å². The average Bonchev–Trinajstić information content (AvgIpc) is 3.40. The summed E-state index contributed by atoms with van der Waals surface area (Å²) in [5.74, 6) is 1.33. The number of carbonyl (C=O) groups is 1. The Kier molecular flexibility index (Phi) is 5.65. The van der Waals surface area contributed by atoms with E-state index >= 15 is 0 Å². The molecule has 8 heteroatoms. The normalized spacial score (nSPS) is 16.0. The summed E-state index contributed by atoms with van der Waals surface area (Å²) in [6.07, 6.45) is 0.730. The second-order valence-corrected chi connectivity index (χ2v) is 7.47. The standard InChI is InChI=1S/C22H23FN4O3/c1-14-3-7-18(8-4-14)29-13-20-25-21(26-30-20)16-9-10-27(12-16)22(28)24-17-6-5-15(2)19(23)11-17/h3-8,11,16H,9-10,12-13H2,1-2H3,(H,24,28). The molecular weight excluding hydrogens is 387 g/mol. The first-order chi connectivity index (χ1) is 14.5. The molecule has 1 N–H and O–H groups in total. The molecule has 4 rings (SSSR count). The summed E-state index contributed by atoms with van der Waals surface area (Å²) >= 11 is 0. The third kappa shape index (κ3) is 4.59. The van der Waals surface area contributed by atoms with Gasteiger partial charge in [-0.25, -0.2) is 9.18 Å². The largest absolute Gasteiger partial charge is 0.484 e. The molecule has 1 aliphatic rings. The maximum Gasteiger partial charge on any atom is 0.321 e. The van der Waals surface area contributed by atoms with Gasteiger partial charge in [-0.1, -0.05) is 28.9 Å². The van der Waals surface area contributed by atoms with Crippen LogP contribution < -0.4 is 10.1 Å². The maximum atomic E-state index is 13.7. The number of hydrogen-bond donors (Lipinski definition) is 1. The monoisotopic (exact) mass is 410 g/mol. The number of rotatable bonds is 5. The van der Waals surface area contributed by atoms with Crippen LogP contribution in [0.5, 0.6) is 5.75 Å². The van der Waals surface area contributed by atoms with Crippen molar-refractivity contribution in [3.8, 4) is 5.75 Å². The van der Waals surface area contributed by atoms with Crippen molar-refractivity contribution >= 4 is 11.7 Å². The van der Waals surface area contributed by atoms with Gasteiger partial charge in [0.25, 0.3) is 5.89 Å². The smallest absolute Gasteiger partial charge is 0.321 e. The fraction of sp³-hybridized carbons (Fsp3) is 0.318. The molecule has 1 fully saturated rings. The molecule has 1 aromatic heterocycles. The minimum absolute atomic E-state index is 0.0117. The fourth-order valence-electron chi connectivity index (χ4n) is 3.30. The topological polar surface area (TPSA) is 80.5 Å². The second kappa shape index (κ2) is 8.52. The molecule has 156 valence electrons. The highest BCUT2D eigenvalue weighted by Crippen LogP contribution is 2.26. The predicted molar refractivity (Wildman–Crippen MR) is 109 cm³/mol. The van der Waals surface area contributed by atoms with Gasteiger partial charge in [0.05, 0.1) is 0 Å². The van der Waals surface area contributed by atoms with Crippen molar-refractivity contribution in [3.05, 3.63) is 71.1 Å². The molecular formula is C22H23FN4O3. The summed E-state index contributed by atoms with van der Waals surface area (Å²) in [5, 5.41) is 6.78. The van der Waals surface area contributed by atoms with Gasteiger partial charge in [0.15, 0.2) is 12.4 Å². The van der Waals surface area contributed by atoms with Crippen LogP contribution in [0.2, 0.25) is 0 Å². The van der Waals surface area contributed by atoms with Gasteiger partial charge in [0, 0.05) is 24.7 Å². The molecule has 2 amide bonds. The van der Waals surface area contributed by atoms with Crippen LogP contribution in [0.4, 0.5) is 14.9 Å². The Morgan fingerprint density at radius 3 is 2.83 bits per heavy atom. The first-order valence-corrected chi connectivity index (χ1v) is 9.82. The number of benzene rings is 2. The number of nitrogens with zero attached hydrogens (tertiary/aromatic N) is 3. The number of nitrogens with one attached hydrogen (secondary N) is 1. The van der Waals surface area contributed by atoms with Crippen LogP contribution in [0.15, 0.2) is 47.0 Å². The van der Waals surface area contributed by atoms with Crippen LogP contribution in [-0.4, -0.2) is 34.2 Å². The molecule has 0 saturated carbocycles. The predicted octanol–water partition coefficient (Wildman–Crippen LogP) is 4.43. The Labute approximate surface area is 173 Å². The van der Waals surface area contributed by atoms with Gasteiger partial charge in [0.2, 0.25) is 0 Å². The van der Waals surface area contributed by atoms with E-state index in [0.29, 0.717) is 36.1 Å². The number of carbonyl (C=O) groups excluding carboxylic acids is 1. The van der Waals surface area contributed by atoms with E-state index in [4.69, 9.17) is 9.26 Å². The number of amides is 2. The molecule has 1 atom stereocenters. The fourth-order valence-corrected chi connectivity index (χ4v) is 3.30. The molecule has 0 spiro atoms. The highest BCUT2D eigenvalue weighted by molar-refractivity contribution is 5.89. The van der Waals surface area contributed by atoms with E-state index in [0.717, 1.165) is 17.7 Å². The lowest BCUT2D eigenvalue weighted by molar-refractivity contribution is 0.221. The SMILES string of the molecule is Cc1ccc(OCc2nc(C3CCN(C(=O)Nc4ccc(C)c(F)c4)C3)no2)cc1. The molecule has 0 aliphatic carbocycles. The zero-order valence-electron chi connectivity index (χ0n) is 16.9. The van der Waals surface area contributed by atoms with Crippen LogP contribution in [0.25, 0.3) is 0 Å². The van der Waals surface area contributed by atoms with E-state index in [9.17, 15) is 9.18 Å². The van der Waals surface area contributed by atoms with Crippen LogP contribution in [0, 0.1) is 19.7 Å². The van der Waals surface area contributed by atoms with Crippen LogP contribution >= 0.6 is 0 Å². The summed E-state index contributed by atoms with van der Waals surface area (Å²) < 4.78 is 24.6. The Bertz CT molecular complexity index is 1040. The zero-order chi connectivity index (χ0) is 21.1. The van der Waals surface area contributed by atoms with Gasteiger partial charge >= 0.3 is 6.03 Å². The molecule has 7 nitrogen and oxygen atoms in total. The highest BCUT2D eigenvalue weighted by Gasteiger charge is 2.30. The number of aryl methyl sites for hydroxylation is 2. The maximum absolute atomic E-state index is 13.7. The first kappa shape index (κ1) is 19.9. The summed E-state index contributed by atoms with van der Waals surface area (Å²) in [5.41, 5.74) is 2.12. The van der Waals surface area contributed by atoms with Gasteiger partial charge in [-0.3, -0.25) is 0 Å². The average molecular weight is 410 g/mol. The number of likely N-dealkylation sites (tertiary alicyclic amines) is 1. The van der Waals surface area contributed by atoms with Crippen LogP contribution in [-0.2, 0) is 6.61 Å². The van der Waals surface area contributed by atoms with E-state index in [2.05, 4.69) is 15.5 Å². The van der Waals surface area contributed by atoms with Crippen LogP contribution in [0.1, 0.15) is 35.2 Å². The van der Waals surface area contributed by atoms with Gasteiger partial charge in [-0.2, -0.15) is 4.98 Å². The van der Waals surface area contributed by atoms with Gasteiger partial charge in [0.1, 0.15) is 11.6 Å². The van der Waals surface area contributed by atoms with E-state index < -0.39 is 0 Å². The highest BCUT2D eigenvalue weighted by atomic mass is 19.1. The number of anilines is 1. The lowest BCUT2D eigenvalue weighted by atomic mass is 10.1. The minimum Gasteiger partial charge on any atom is -0.484 e. The number of urea groups is 1. The molecule has 2 heterocycles. The first-order valence-electron chi connectivity index (χ1n) is 9.82. The van der Waals surface area contributed by atoms with Crippen molar-refractivity contribution in [2.75, 3.05) is 18.4 Å². The lowest BCUT2D eigenvalue weighted by Gasteiger charge is -2.17. The third-order valence-electron chi connectivity index (χ3n) is 5.13. The van der Waals surface area contributed by atoms with Crippen molar-refractivity contribution in [1.29, 1.82) is 0 Å². The molecule has 1 unspecified atom stereocenters. The van der Waals surface area contributed by atoms with Gasteiger partial charge in [-0.05, 0) is 50.1 Å². The second-order valence-electron chi connectivity index (χ2n) is 7.47. The van der Waals surface area contributed by atoms with Gasteiger partial charge in [-0.15, -0.1) is 0 Å². The molecule has 3 aromatic rings. The number of hydrogen-bond acceptors (Lipinski definition) is 5. The van der Waals surface area contributed by atoms with Gasteiger partial charge < -0.3 is 19.5 Å². The molecule has 1 aliphatic heterocycles. The quantitative estimate of drug-likeness (QED) is 0.673. The summed E-state index contributed by atoms with van der Waals surface area (Å²) in [7, 11) is 0. The Morgan fingerprint density at radius 1 is 1.27 bits per heavy atom. The summed E-state index contributed by atoms with van der Waals surface area (Å²) in [6.45, 7) is 4.91. The molecule has 0 radical (unpaired) electrons. The Balaban J connectivity index is 1.31. The number of ether oxygens (including phenoxy) is 1.